The Morgan fingerprint density at radius 3 is 2.58 bits per heavy atom. The molecule has 2 atom stereocenters. The lowest BCUT2D eigenvalue weighted by Gasteiger charge is -2.41. The molecule has 0 radical (unpaired) electrons. The van der Waals surface area contributed by atoms with E-state index in [1.54, 1.807) is 0 Å². The van der Waals surface area contributed by atoms with Crippen LogP contribution in [0.4, 0.5) is 0 Å². The van der Waals surface area contributed by atoms with Gasteiger partial charge >= 0.3 is 0 Å². The molecule has 12 heavy (non-hydrogen) atoms. The molecule has 1 heterocycles. The van der Waals surface area contributed by atoms with Gasteiger partial charge in [0.1, 0.15) is 0 Å². The zero-order valence-corrected chi connectivity index (χ0v) is 9.34. The molecular weight excluding hydrogens is 192 g/mol. The van der Waals surface area contributed by atoms with E-state index in [9.17, 15) is 4.79 Å². The second kappa shape index (κ2) is 3.47. The summed E-state index contributed by atoms with van der Waals surface area (Å²) < 4.78 is 0. The normalized spacial score (nSPS) is 32.8. The molecule has 3 nitrogen and oxygen atoms in total. The number of carbonyl (C=O) groups excluding carboxylic acids is 1. The van der Waals surface area contributed by atoms with Gasteiger partial charge in [0.15, 0.2) is 0 Å². The van der Waals surface area contributed by atoms with Crippen LogP contribution in [0.15, 0.2) is 0 Å². The van der Waals surface area contributed by atoms with Crippen molar-refractivity contribution in [2.24, 2.45) is 5.92 Å². The molecule has 2 unspecified atom stereocenters. The molecular formula is C7H16N2OS2. The fourth-order valence-corrected chi connectivity index (χ4v) is 3.80. The van der Waals surface area contributed by atoms with Crippen LogP contribution in [0.5, 0.6) is 0 Å². The van der Waals surface area contributed by atoms with Crippen molar-refractivity contribution < 1.29 is 4.79 Å². The molecule has 72 valence electrons. The molecule has 0 aromatic heterocycles. The average Bonchev–Trinajstić information content (AvgIpc) is 1.92. The summed E-state index contributed by atoms with van der Waals surface area (Å²) in [5.41, 5.74) is 0. The van der Waals surface area contributed by atoms with Crippen molar-refractivity contribution in [3.63, 3.8) is 0 Å². The van der Waals surface area contributed by atoms with E-state index in [0.717, 1.165) is 0 Å². The molecule has 1 fully saturated rings. The highest BCUT2D eigenvalue weighted by molar-refractivity contribution is 8.87. The Morgan fingerprint density at radius 2 is 2.17 bits per heavy atom. The number of rotatable bonds is 1. The Hall–Kier alpha value is 0.130. The number of carbonyl (C=O) groups is 1. The van der Waals surface area contributed by atoms with Crippen LogP contribution in [0.1, 0.15) is 6.92 Å². The van der Waals surface area contributed by atoms with Gasteiger partial charge in [0.2, 0.25) is 5.91 Å². The molecule has 1 aliphatic heterocycles. The molecule has 1 aliphatic rings. The minimum atomic E-state index is -0.985. The summed E-state index contributed by atoms with van der Waals surface area (Å²) in [6, 6.07) is 0. The van der Waals surface area contributed by atoms with Gasteiger partial charge in [0.25, 0.3) is 0 Å². The highest BCUT2D eigenvalue weighted by Gasteiger charge is 2.33. The van der Waals surface area contributed by atoms with Gasteiger partial charge in [-0.2, -0.15) is 9.06 Å². The third kappa shape index (κ3) is 2.08. The Labute approximate surface area is 79.8 Å². The summed E-state index contributed by atoms with van der Waals surface area (Å²) in [5, 5.41) is 6.26. The van der Waals surface area contributed by atoms with Crippen molar-refractivity contribution in [1.29, 1.82) is 0 Å². The highest BCUT2D eigenvalue weighted by atomic mass is 33.1. The SMILES string of the molecule is CC1C(=O)NCNC1S(C)(C)S. The maximum atomic E-state index is 11.3. The number of hydrogen-bond acceptors (Lipinski definition) is 3. The van der Waals surface area contributed by atoms with Crippen LogP contribution in [0, 0.1) is 5.92 Å². The van der Waals surface area contributed by atoms with Crippen LogP contribution >= 0.6 is 20.7 Å². The standard InChI is InChI=1S/C7H16N2OS2/c1-5-6(10)8-4-9-7(5)12(2,3)11/h5,7,9,11H,4H2,1-3H3,(H,8,10). The third-order valence-corrected chi connectivity index (χ3v) is 4.55. The van der Waals surface area contributed by atoms with Crippen molar-refractivity contribution in [3.8, 4) is 0 Å². The summed E-state index contributed by atoms with van der Waals surface area (Å²) in [5.74, 6) is 0.162. The van der Waals surface area contributed by atoms with E-state index in [0.29, 0.717) is 6.67 Å². The fraction of sp³-hybridized carbons (Fsp3) is 0.857. The molecule has 0 aromatic carbocycles. The minimum Gasteiger partial charge on any atom is -0.343 e. The Bertz CT molecular complexity index is 190. The van der Waals surface area contributed by atoms with Crippen LogP contribution in [0.25, 0.3) is 0 Å². The van der Waals surface area contributed by atoms with Crippen molar-refractivity contribution in [1.82, 2.24) is 10.6 Å². The van der Waals surface area contributed by atoms with E-state index >= 15 is 0 Å². The molecule has 0 spiro atoms. The van der Waals surface area contributed by atoms with E-state index in [1.807, 2.05) is 6.92 Å². The molecule has 2 N–H and O–H groups in total. The first kappa shape index (κ1) is 10.2. The number of amides is 1. The van der Waals surface area contributed by atoms with Crippen molar-refractivity contribution in [2.45, 2.75) is 12.3 Å². The van der Waals surface area contributed by atoms with Crippen LogP contribution in [-0.4, -0.2) is 30.5 Å². The van der Waals surface area contributed by atoms with E-state index < -0.39 is 9.06 Å². The highest BCUT2D eigenvalue weighted by Crippen LogP contribution is 2.51. The minimum absolute atomic E-state index is 0.0289. The van der Waals surface area contributed by atoms with Gasteiger partial charge < -0.3 is 5.32 Å². The second-order valence-electron chi connectivity index (χ2n) is 3.48. The lowest BCUT2D eigenvalue weighted by molar-refractivity contribution is -0.126. The quantitative estimate of drug-likeness (QED) is 0.435. The van der Waals surface area contributed by atoms with Crippen LogP contribution in [0.2, 0.25) is 0 Å². The number of nitrogens with one attached hydrogen (secondary N) is 2. The van der Waals surface area contributed by atoms with E-state index in [-0.39, 0.29) is 17.2 Å². The lowest BCUT2D eigenvalue weighted by atomic mass is 10.1. The Morgan fingerprint density at radius 1 is 1.58 bits per heavy atom. The van der Waals surface area contributed by atoms with Crippen molar-refractivity contribution in [2.75, 3.05) is 19.2 Å². The molecule has 0 aliphatic carbocycles. The average molecular weight is 208 g/mol. The van der Waals surface area contributed by atoms with Gasteiger partial charge in [-0.25, -0.2) is 0 Å². The largest absolute Gasteiger partial charge is 0.343 e. The summed E-state index contributed by atoms with van der Waals surface area (Å²) in [7, 11) is -0.985. The smallest absolute Gasteiger partial charge is 0.226 e. The Kier molecular flexibility index (Phi) is 2.96. The molecule has 5 heteroatoms. The van der Waals surface area contributed by atoms with E-state index in [4.69, 9.17) is 0 Å². The third-order valence-electron chi connectivity index (χ3n) is 2.05. The molecule has 1 saturated heterocycles. The molecule has 1 amide bonds. The summed E-state index contributed by atoms with van der Waals surface area (Å²) in [6.45, 7) is 2.52. The Balaban J connectivity index is 2.70. The molecule has 0 saturated carbocycles. The maximum absolute atomic E-state index is 11.3. The molecule has 0 bridgehead atoms. The first-order chi connectivity index (χ1) is 5.43. The fourth-order valence-electron chi connectivity index (χ4n) is 1.42. The zero-order valence-electron chi connectivity index (χ0n) is 7.63. The van der Waals surface area contributed by atoms with Gasteiger partial charge in [-0.05, 0) is 12.5 Å². The summed E-state index contributed by atoms with van der Waals surface area (Å²) in [6.07, 6.45) is 4.20. The number of hydrogen-bond donors (Lipinski definition) is 3. The number of thiol groups is 1. The van der Waals surface area contributed by atoms with Crippen molar-refractivity contribution >= 4 is 26.6 Å². The summed E-state index contributed by atoms with van der Waals surface area (Å²) in [4.78, 5) is 11.3. The van der Waals surface area contributed by atoms with Crippen LogP contribution in [-0.2, 0) is 4.79 Å². The van der Waals surface area contributed by atoms with Gasteiger partial charge in [-0.15, -0.1) is 11.7 Å². The van der Waals surface area contributed by atoms with Gasteiger partial charge in [-0.1, -0.05) is 6.92 Å². The predicted octanol–water partition coefficient (Wildman–Crippen LogP) is 0.535. The van der Waals surface area contributed by atoms with Crippen LogP contribution < -0.4 is 10.6 Å². The summed E-state index contributed by atoms with van der Waals surface area (Å²) >= 11 is 4.54. The second-order valence-corrected chi connectivity index (χ2v) is 9.51. The maximum Gasteiger partial charge on any atom is 0.226 e. The molecule has 0 aromatic rings. The first-order valence-electron chi connectivity index (χ1n) is 3.88. The van der Waals surface area contributed by atoms with E-state index in [2.05, 4.69) is 34.8 Å². The van der Waals surface area contributed by atoms with Crippen molar-refractivity contribution in [3.05, 3.63) is 0 Å². The van der Waals surface area contributed by atoms with Gasteiger partial charge in [0.05, 0.1) is 18.0 Å². The monoisotopic (exact) mass is 208 g/mol. The molecule has 1 rings (SSSR count). The topological polar surface area (TPSA) is 41.1 Å². The predicted molar refractivity (Wildman–Crippen MR) is 57.5 cm³/mol. The van der Waals surface area contributed by atoms with Gasteiger partial charge in [-0.3, -0.25) is 10.1 Å². The first-order valence-corrected chi connectivity index (χ1v) is 7.45. The van der Waals surface area contributed by atoms with Crippen LogP contribution in [0.3, 0.4) is 0 Å². The van der Waals surface area contributed by atoms with Gasteiger partial charge in [0, 0.05) is 0 Å². The van der Waals surface area contributed by atoms with E-state index in [1.165, 1.54) is 0 Å². The zero-order chi connectivity index (χ0) is 9.35. The lowest BCUT2D eigenvalue weighted by Crippen LogP contribution is -2.54.